The second kappa shape index (κ2) is 5.71. The molecule has 0 aromatic carbocycles. The molecule has 0 aliphatic rings. The summed E-state index contributed by atoms with van der Waals surface area (Å²) in [5, 5.41) is 3.11. The van der Waals surface area contributed by atoms with E-state index in [1.165, 1.54) is 0 Å². The van der Waals surface area contributed by atoms with Gasteiger partial charge < -0.3 is 10.2 Å². The van der Waals surface area contributed by atoms with Gasteiger partial charge in [0.2, 0.25) is 0 Å². The number of nitrogens with one attached hydrogen (secondary N) is 1. The van der Waals surface area contributed by atoms with E-state index in [1.807, 2.05) is 13.1 Å². The summed E-state index contributed by atoms with van der Waals surface area (Å²) in [4.78, 5) is 6.82. The molecule has 0 fully saturated rings. The fraction of sp³-hybridized carbons (Fsp3) is 0.583. The molecule has 3 nitrogen and oxygen atoms in total. The van der Waals surface area contributed by atoms with Crippen molar-refractivity contribution in [2.24, 2.45) is 0 Å². The molecule has 0 bridgehead atoms. The summed E-state index contributed by atoms with van der Waals surface area (Å²) in [6, 6.07) is 6.70. The van der Waals surface area contributed by atoms with Gasteiger partial charge in [0, 0.05) is 19.6 Å². The largest absolute Gasteiger partial charge is 0.357 e. The van der Waals surface area contributed by atoms with E-state index in [9.17, 15) is 0 Å². The maximum absolute atomic E-state index is 4.59. The molecule has 0 aliphatic heterocycles. The topological polar surface area (TPSA) is 28.2 Å². The molecule has 1 atom stereocenters. The van der Waals surface area contributed by atoms with Gasteiger partial charge in [-0.25, -0.2) is 4.98 Å². The predicted octanol–water partition coefficient (Wildman–Crippen LogP) is 2.04. The zero-order valence-corrected chi connectivity index (χ0v) is 10.1. The average molecular weight is 207 g/mol. The Morgan fingerprint density at radius 3 is 2.80 bits per heavy atom. The van der Waals surface area contributed by atoms with Gasteiger partial charge in [-0.05, 0) is 32.5 Å². The molecule has 1 N–H and O–H groups in total. The summed E-state index contributed by atoms with van der Waals surface area (Å²) in [5.74, 6) is 1.05. The third-order valence-corrected chi connectivity index (χ3v) is 2.76. The highest BCUT2D eigenvalue weighted by Gasteiger charge is 2.08. The normalized spacial score (nSPS) is 12.5. The number of aromatic nitrogens is 1. The van der Waals surface area contributed by atoms with Crippen molar-refractivity contribution in [3.05, 3.63) is 23.9 Å². The Morgan fingerprint density at radius 2 is 2.20 bits per heavy atom. The van der Waals surface area contributed by atoms with Gasteiger partial charge in [-0.2, -0.15) is 0 Å². The van der Waals surface area contributed by atoms with E-state index in [1.54, 1.807) is 0 Å². The molecule has 0 radical (unpaired) electrons. The minimum absolute atomic E-state index is 0.530. The van der Waals surface area contributed by atoms with Crippen LogP contribution in [-0.2, 0) is 6.54 Å². The van der Waals surface area contributed by atoms with Crippen molar-refractivity contribution in [2.75, 3.05) is 19.0 Å². The first-order valence-electron chi connectivity index (χ1n) is 5.52. The summed E-state index contributed by atoms with van der Waals surface area (Å²) in [7, 11) is 4.03. The van der Waals surface area contributed by atoms with E-state index in [-0.39, 0.29) is 0 Å². The molecule has 1 aromatic heterocycles. The monoisotopic (exact) mass is 207 g/mol. The first kappa shape index (κ1) is 12.0. The Hall–Kier alpha value is -1.09. The Labute approximate surface area is 92.5 Å². The Morgan fingerprint density at radius 1 is 1.47 bits per heavy atom. The third-order valence-electron chi connectivity index (χ3n) is 2.76. The lowest BCUT2D eigenvalue weighted by Crippen LogP contribution is -2.29. The summed E-state index contributed by atoms with van der Waals surface area (Å²) < 4.78 is 0. The van der Waals surface area contributed by atoms with Gasteiger partial charge in [-0.1, -0.05) is 13.0 Å². The van der Waals surface area contributed by atoms with Gasteiger partial charge in [0.05, 0.1) is 5.69 Å². The van der Waals surface area contributed by atoms with Gasteiger partial charge in [0.25, 0.3) is 0 Å². The van der Waals surface area contributed by atoms with Crippen LogP contribution in [0.1, 0.15) is 26.0 Å². The standard InChI is InChI=1S/C12H21N3/c1-5-10(2)15(4)12-8-6-7-11(14-12)9-13-3/h6-8,10,13H,5,9H2,1-4H3. The number of rotatable bonds is 5. The molecule has 3 heteroatoms. The number of hydrogen-bond acceptors (Lipinski definition) is 3. The molecule has 0 saturated carbocycles. The van der Waals surface area contributed by atoms with Crippen molar-refractivity contribution in [1.29, 1.82) is 0 Å². The maximum Gasteiger partial charge on any atom is 0.128 e. The number of nitrogens with zero attached hydrogens (tertiary/aromatic N) is 2. The minimum atomic E-state index is 0.530. The number of pyridine rings is 1. The second-order valence-electron chi connectivity index (χ2n) is 3.89. The second-order valence-corrected chi connectivity index (χ2v) is 3.89. The molecule has 0 amide bonds. The molecule has 15 heavy (non-hydrogen) atoms. The molecule has 1 heterocycles. The molecule has 1 rings (SSSR count). The van der Waals surface area contributed by atoms with E-state index < -0.39 is 0 Å². The van der Waals surface area contributed by atoms with Crippen LogP contribution in [0.25, 0.3) is 0 Å². The fourth-order valence-corrected chi connectivity index (χ4v) is 1.44. The lowest BCUT2D eigenvalue weighted by atomic mass is 10.2. The average Bonchev–Trinajstić information content (AvgIpc) is 2.28. The first-order chi connectivity index (χ1) is 7.19. The van der Waals surface area contributed by atoms with Gasteiger partial charge in [-0.15, -0.1) is 0 Å². The van der Waals surface area contributed by atoms with Gasteiger partial charge in [0.1, 0.15) is 5.82 Å². The highest BCUT2D eigenvalue weighted by Crippen LogP contribution is 2.13. The van der Waals surface area contributed by atoms with Crippen molar-refractivity contribution in [2.45, 2.75) is 32.9 Å². The van der Waals surface area contributed by atoms with Crippen LogP contribution in [0, 0.1) is 0 Å². The van der Waals surface area contributed by atoms with E-state index >= 15 is 0 Å². The third kappa shape index (κ3) is 3.20. The molecule has 0 saturated heterocycles. The van der Waals surface area contributed by atoms with Crippen LogP contribution in [0.15, 0.2) is 18.2 Å². The first-order valence-corrected chi connectivity index (χ1v) is 5.52. The van der Waals surface area contributed by atoms with Crippen molar-refractivity contribution in [3.8, 4) is 0 Å². The van der Waals surface area contributed by atoms with Gasteiger partial charge >= 0.3 is 0 Å². The summed E-state index contributed by atoms with van der Waals surface area (Å²) in [6.07, 6.45) is 1.13. The fourth-order valence-electron chi connectivity index (χ4n) is 1.44. The summed E-state index contributed by atoms with van der Waals surface area (Å²) in [6.45, 7) is 5.23. The molecule has 0 spiro atoms. The smallest absolute Gasteiger partial charge is 0.128 e. The zero-order chi connectivity index (χ0) is 11.3. The highest BCUT2D eigenvalue weighted by molar-refractivity contribution is 5.39. The minimum Gasteiger partial charge on any atom is -0.357 e. The Balaban J connectivity index is 2.80. The quantitative estimate of drug-likeness (QED) is 0.801. The van der Waals surface area contributed by atoms with E-state index in [2.05, 4.69) is 48.2 Å². The van der Waals surface area contributed by atoms with E-state index in [0.29, 0.717) is 6.04 Å². The van der Waals surface area contributed by atoms with Crippen molar-refractivity contribution >= 4 is 5.82 Å². The summed E-state index contributed by atoms with van der Waals surface area (Å²) >= 11 is 0. The SMILES string of the molecule is CCC(C)N(C)c1cccc(CNC)n1. The maximum atomic E-state index is 4.59. The molecule has 1 aromatic rings. The van der Waals surface area contributed by atoms with Crippen LogP contribution >= 0.6 is 0 Å². The van der Waals surface area contributed by atoms with Gasteiger partial charge in [-0.3, -0.25) is 0 Å². The van der Waals surface area contributed by atoms with E-state index in [4.69, 9.17) is 0 Å². The van der Waals surface area contributed by atoms with Crippen molar-refractivity contribution in [1.82, 2.24) is 10.3 Å². The molecular formula is C12H21N3. The Kier molecular flexibility index (Phi) is 4.56. The van der Waals surface area contributed by atoms with Crippen molar-refractivity contribution < 1.29 is 0 Å². The molecular weight excluding hydrogens is 186 g/mol. The van der Waals surface area contributed by atoms with Crippen LogP contribution < -0.4 is 10.2 Å². The summed E-state index contributed by atoms with van der Waals surface area (Å²) in [5.41, 5.74) is 1.09. The molecule has 84 valence electrons. The molecule has 1 unspecified atom stereocenters. The Bertz CT molecular complexity index is 299. The van der Waals surface area contributed by atoms with Crippen LogP contribution in [0.5, 0.6) is 0 Å². The number of hydrogen-bond donors (Lipinski definition) is 1. The lowest BCUT2D eigenvalue weighted by Gasteiger charge is -2.25. The predicted molar refractivity (Wildman–Crippen MR) is 65.2 cm³/mol. The van der Waals surface area contributed by atoms with Crippen LogP contribution in [0.3, 0.4) is 0 Å². The highest BCUT2D eigenvalue weighted by atomic mass is 15.2. The van der Waals surface area contributed by atoms with Crippen LogP contribution in [0.2, 0.25) is 0 Å². The van der Waals surface area contributed by atoms with Crippen LogP contribution in [-0.4, -0.2) is 25.1 Å². The van der Waals surface area contributed by atoms with Crippen molar-refractivity contribution in [3.63, 3.8) is 0 Å². The lowest BCUT2D eigenvalue weighted by molar-refractivity contribution is 0.654. The van der Waals surface area contributed by atoms with Gasteiger partial charge in [0.15, 0.2) is 0 Å². The van der Waals surface area contributed by atoms with Crippen LogP contribution in [0.4, 0.5) is 5.82 Å². The van der Waals surface area contributed by atoms with E-state index in [0.717, 1.165) is 24.5 Å². The molecule has 0 aliphatic carbocycles. The number of anilines is 1. The zero-order valence-electron chi connectivity index (χ0n) is 10.1.